The molecule has 1 aliphatic heterocycles. The topological polar surface area (TPSA) is 37.4 Å². The van der Waals surface area contributed by atoms with E-state index in [1.807, 2.05) is 24.3 Å². The Bertz CT molecular complexity index is 590. The molecule has 0 aromatic heterocycles. The van der Waals surface area contributed by atoms with Gasteiger partial charge in [-0.1, -0.05) is 12.2 Å². The number of allylic oxidation sites excluding steroid dienone is 2. The number of anilines is 1. The number of amides is 2. The van der Waals surface area contributed by atoms with Gasteiger partial charge in [0.2, 0.25) is 11.8 Å². The number of hydrogen-bond acceptors (Lipinski definition) is 2. The third-order valence-electron chi connectivity index (χ3n) is 4.84. The molecule has 1 saturated heterocycles. The molecule has 1 aromatic rings. The molecular formula is C16H14INO2. The van der Waals surface area contributed by atoms with Crippen molar-refractivity contribution in [1.29, 1.82) is 0 Å². The molecule has 4 aliphatic rings. The first kappa shape index (κ1) is 12.6. The molecule has 3 aliphatic carbocycles. The van der Waals surface area contributed by atoms with Crippen LogP contribution in [0.15, 0.2) is 36.4 Å². The lowest BCUT2D eigenvalue weighted by atomic mass is 9.63. The number of carbonyl (C=O) groups is 2. The third kappa shape index (κ3) is 1.63. The van der Waals surface area contributed by atoms with E-state index >= 15 is 0 Å². The van der Waals surface area contributed by atoms with Crippen LogP contribution in [0.1, 0.15) is 12.8 Å². The molecule has 2 bridgehead atoms. The number of nitrogens with zero attached hydrogens (tertiary/aromatic N) is 1. The molecule has 4 atom stereocenters. The van der Waals surface area contributed by atoms with Gasteiger partial charge in [0.25, 0.3) is 0 Å². The molecule has 102 valence electrons. The predicted molar refractivity (Wildman–Crippen MR) is 84.0 cm³/mol. The van der Waals surface area contributed by atoms with Crippen LogP contribution in [0.4, 0.5) is 5.69 Å². The summed E-state index contributed by atoms with van der Waals surface area (Å²) in [6.45, 7) is 0. The maximum absolute atomic E-state index is 12.7. The van der Waals surface area contributed by atoms with Gasteiger partial charge in [-0.15, -0.1) is 0 Å². The van der Waals surface area contributed by atoms with E-state index in [-0.39, 0.29) is 35.5 Å². The Morgan fingerprint density at radius 3 is 1.85 bits per heavy atom. The first-order valence-electron chi connectivity index (χ1n) is 6.98. The lowest BCUT2D eigenvalue weighted by molar-refractivity contribution is -0.124. The minimum absolute atomic E-state index is 0.000239. The number of hydrogen-bond donors (Lipinski definition) is 0. The molecule has 20 heavy (non-hydrogen) atoms. The van der Waals surface area contributed by atoms with Crippen LogP contribution in [-0.2, 0) is 9.59 Å². The van der Waals surface area contributed by atoms with Crippen molar-refractivity contribution in [3.63, 3.8) is 0 Å². The highest BCUT2D eigenvalue weighted by Gasteiger charge is 2.56. The molecule has 2 fully saturated rings. The highest BCUT2D eigenvalue weighted by molar-refractivity contribution is 14.1. The maximum atomic E-state index is 12.7. The summed E-state index contributed by atoms with van der Waals surface area (Å²) in [6, 6.07) is 7.60. The van der Waals surface area contributed by atoms with Gasteiger partial charge in [0.15, 0.2) is 0 Å². The summed E-state index contributed by atoms with van der Waals surface area (Å²) in [5.74, 6) is 0.280. The van der Waals surface area contributed by atoms with Gasteiger partial charge in [-0.2, -0.15) is 0 Å². The molecular weight excluding hydrogens is 365 g/mol. The summed E-state index contributed by atoms with van der Waals surface area (Å²) < 4.78 is 1.10. The Labute approximate surface area is 131 Å². The van der Waals surface area contributed by atoms with E-state index in [1.165, 1.54) is 4.90 Å². The van der Waals surface area contributed by atoms with Crippen LogP contribution in [0.2, 0.25) is 0 Å². The number of fused-ring (bicyclic) bond motifs is 1. The molecule has 2 amide bonds. The average molecular weight is 379 g/mol. The molecule has 0 radical (unpaired) electrons. The van der Waals surface area contributed by atoms with Crippen molar-refractivity contribution in [2.75, 3.05) is 4.90 Å². The lowest BCUT2D eigenvalue weighted by Crippen LogP contribution is -2.38. The van der Waals surface area contributed by atoms with Crippen LogP contribution in [0.3, 0.4) is 0 Å². The summed E-state index contributed by atoms with van der Waals surface area (Å²) in [6.07, 6.45) is 6.39. The summed E-state index contributed by atoms with van der Waals surface area (Å²) in [7, 11) is 0. The molecule has 0 unspecified atom stereocenters. The third-order valence-corrected chi connectivity index (χ3v) is 5.56. The van der Waals surface area contributed by atoms with E-state index in [0.717, 1.165) is 16.4 Å². The van der Waals surface area contributed by atoms with Crippen LogP contribution in [0.5, 0.6) is 0 Å². The zero-order valence-corrected chi connectivity index (χ0v) is 13.0. The van der Waals surface area contributed by atoms with Crippen LogP contribution in [-0.4, -0.2) is 11.8 Å². The fourth-order valence-electron chi connectivity index (χ4n) is 3.92. The fourth-order valence-corrected chi connectivity index (χ4v) is 4.28. The van der Waals surface area contributed by atoms with Crippen molar-refractivity contribution in [3.8, 4) is 0 Å². The number of imide groups is 1. The van der Waals surface area contributed by atoms with Crippen molar-refractivity contribution < 1.29 is 9.59 Å². The molecule has 4 heteroatoms. The van der Waals surface area contributed by atoms with Crippen LogP contribution >= 0.6 is 22.6 Å². The Kier molecular flexibility index (Phi) is 2.77. The van der Waals surface area contributed by atoms with Crippen LogP contribution < -0.4 is 4.90 Å². The smallest absolute Gasteiger partial charge is 0.238 e. The van der Waals surface area contributed by atoms with Crippen LogP contribution in [0.25, 0.3) is 0 Å². The van der Waals surface area contributed by atoms with Gasteiger partial charge in [0, 0.05) is 3.57 Å². The van der Waals surface area contributed by atoms with Crippen molar-refractivity contribution >= 4 is 40.1 Å². The molecule has 5 rings (SSSR count). The lowest BCUT2D eigenvalue weighted by Gasteiger charge is -2.38. The van der Waals surface area contributed by atoms with E-state index in [2.05, 4.69) is 34.7 Å². The standard InChI is InChI=1S/C16H14INO2/c17-11-5-7-12(8-6-11)18-15(19)13-9-1-2-10(4-3-9)14(13)16(18)20/h1-2,5-10,13-14H,3-4H2/t9-,10-,13+,14+/m1/s1. The van der Waals surface area contributed by atoms with E-state index < -0.39 is 0 Å². The number of rotatable bonds is 1. The molecule has 0 spiro atoms. The average Bonchev–Trinajstić information content (AvgIpc) is 2.76. The summed E-state index contributed by atoms with van der Waals surface area (Å²) in [5, 5.41) is 0. The Balaban J connectivity index is 1.75. The van der Waals surface area contributed by atoms with E-state index in [9.17, 15) is 9.59 Å². The highest BCUT2D eigenvalue weighted by Crippen LogP contribution is 2.50. The maximum Gasteiger partial charge on any atom is 0.238 e. The van der Waals surface area contributed by atoms with Gasteiger partial charge in [0.05, 0.1) is 17.5 Å². The first-order chi connectivity index (χ1) is 9.66. The number of carbonyl (C=O) groups excluding carboxylic acids is 2. The van der Waals surface area contributed by atoms with Crippen molar-refractivity contribution in [2.45, 2.75) is 12.8 Å². The Hall–Kier alpha value is -1.17. The zero-order valence-electron chi connectivity index (χ0n) is 10.8. The molecule has 3 nitrogen and oxygen atoms in total. The normalized spacial score (nSPS) is 34.8. The quantitative estimate of drug-likeness (QED) is 0.428. The Morgan fingerprint density at radius 2 is 1.40 bits per heavy atom. The first-order valence-corrected chi connectivity index (χ1v) is 8.06. The van der Waals surface area contributed by atoms with E-state index in [4.69, 9.17) is 0 Å². The van der Waals surface area contributed by atoms with E-state index in [0.29, 0.717) is 5.69 Å². The van der Waals surface area contributed by atoms with Crippen molar-refractivity contribution in [1.82, 2.24) is 0 Å². The monoisotopic (exact) mass is 379 g/mol. The SMILES string of the molecule is O=C1[C@@H]2[C@@H](C(=O)N1c1ccc(I)cc1)[C@@H]1C=C[C@@H]2CC1. The minimum atomic E-state index is -0.120. The minimum Gasteiger partial charge on any atom is -0.274 e. The molecule has 1 aromatic carbocycles. The second-order valence-corrected chi connectivity index (χ2v) is 7.08. The predicted octanol–water partition coefficient (Wildman–Crippen LogP) is 2.99. The van der Waals surface area contributed by atoms with Gasteiger partial charge in [-0.25, -0.2) is 0 Å². The zero-order chi connectivity index (χ0) is 13.9. The van der Waals surface area contributed by atoms with Crippen molar-refractivity contribution in [2.24, 2.45) is 23.7 Å². The molecule has 0 N–H and O–H groups in total. The summed E-state index contributed by atoms with van der Waals surface area (Å²) in [5.41, 5.74) is 0.717. The largest absolute Gasteiger partial charge is 0.274 e. The number of benzene rings is 1. The van der Waals surface area contributed by atoms with Gasteiger partial charge < -0.3 is 0 Å². The highest BCUT2D eigenvalue weighted by atomic mass is 127. The summed E-state index contributed by atoms with van der Waals surface area (Å²) >= 11 is 2.22. The summed E-state index contributed by atoms with van der Waals surface area (Å²) in [4.78, 5) is 26.8. The van der Waals surface area contributed by atoms with E-state index in [1.54, 1.807) is 0 Å². The molecule has 1 saturated carbocycles. The van der Waals surface area contributed by atoms with Gasteiger partial charge in [0.1, 0.15) is 0 Å². The van der Waals surface area contributed by atoms with Crippen LogP contribution in [0, 0.1) is 27.2 Å². The second kappa shape index (κ2) is 4.41. The fraction of sp³-hybridized carbons (Fsp3) is 0.375. The van der Waals surface area contributed by atoms with Gasteiger partial charge in [-0.05, 0) is 71.5 Å². The number of halogens is 1. The molecule has 1 heterocycles. The van der Waals surface area contributed by atoms with Gasteiger partial charge >= 0.3 is 0 Å². The van der Waals surface area contributed by atoms with Crippen molar-refractivity contribution in [3.05, 3.63) is 40.0 Å². The Morgan fingerprint density at radius 1 is 0.900 bits per heavy atom. The van der Waals surface area contributed by atoms with Gasteiger partial charge in [-0.3, -0.25) is 14.5 Å². The second-order valence-electron chi connectivity index (χ2n) is 5.83.